The van der Waals surface area contributed by atoms with Crippen LogP contribution in [0, 0.1) is 0 Å². The zero-order valence-electron chi connectivity index (χ0n) is 7.66. The SMILES string of the molecule is O=S(=O)(Cl)c1ccc(C(CF)CF)cc1. The third-order valence-electron chi connectivity index (χ3n) is 2.01. The number of rotatable bonds is 4. The maximum absolute atomic E-state index is 12.3. The molecule has 1 aromatic carbocycles. The Kier molecular flexibility index (Phi) is 4.04. The summed E-state index contributed by atoms with van der Waals surface area (Å²) >= 11 is 0. The first-order valence-corrected chi connectivity index (χ1v) is 6.46. The summed E-state index contributed by atoms with van der Waals surface area (Å²) in [5, 5.41) is 0. The molecule has 0 bridgehead atoms. The second-order valence-corrected chi connectivity index (χ2v) is 5.58. The second kappa shape index (κ2) is 4.90. The third kappa shape index (κ3) is 3.14. The van der Waals surface area contributed by atoms with Gasteiger partial charge in [-0.25, -0.2) is 8.42 Å². The molecule has 0 atom stereocenters. The molecule has 0 radical (unpaired) electrons. The van der Waals surface area contributed by atoms with Crippen molar-refractivity contribution in [2.24, 2.45) is 0 Å². The molecule has 0 fully saturated rings. The summed E-state index contributed by atoms with van der Waals surface area (Å²) < 4.78 is 46.3. The van der Waals surface area contributed by atoms with Crippen molar-refractivity contribution in [2.45, 2.75) is 10.8 Å². The minimum Gasteiger partial charge on any atom is -0.250 e. The molecule has 0 aromatic heterocycles. The van der Waals surface area contributed by atoms with Crippen LogP contribution in [0.15, 0.2) is 29.2 Å². The van der Waals surface area contributed by atoms with Crippen LogP contribution in [0.2, 0.25) is 0 Å². The normalized spacial score (nSPS) is 12.0. The molecule has 0 amide bonds. The van der Waals surface area contributed by atoms with Crippen LogP contribution < -0.4 is 0 Å². The van der Waals surface area contributed by atoms with E-state index in [-0.39, 0.29) is 4.90 Å². The zero-order chi connectivity index (χ0) is 11.5. The van der Waals surface area contributed by atoms with Gasteiger partial charge >= 0.3 is 0 Å². The van der Waals surface area contributed by atoms with Crippen LogP contribution in [-0.4, -0.2) is 21.8 Å². The Bertz CT molecular complexity index is 412. The summed E-state index contributed by atoms with van der Waals surface area (Å²) in [5.41, 5.74) is 0.420. The molecule has 15 heavy (non-hydrogen) atoms. The summed E-state index contributed by atoms with van der Waals surface area (Å²) in [6.45, 7) is -1.63. The topological polar surface area (TPSA) is 34.1 Å². The molecule has 0 saturated carbocycles. The maximum Gasteiger partial charge on any atom is 0.261 e. The van der Waals surface area contributed by atoms with Crippen molar-refractivity contribution in [3.05, 3.63) is 29.8 Å². The molecule has 6 heteroatoms. The summed E-state index contributed by atoms with van der Waals surface area (Å²) in [5.74, 6) is -0.836. The molecule has 0 saturated heterocycles. The van der Waals surface area contributed by atoms with Gasteiger partial charge in [-0.05, 0) is 17.7 Å². The number of alkyl halides is 2. The van der Waals surface area contributed by atoms with Gasteiger partial charge in [0.1, 0.15) is 0 Å². The molecule has 84 valence electrons. The van der Waals surface area contributed by atoms with Gasteiger partial charge in [-0.15, -0.1) is 0 Å². The van der Waals surface area contributed by atoms with E-state index in [2.05, 4.69) is 0 Å². The fourth-order valence-electron chi connectivity index (χ4n) is 1.12. The summed E-state index contributed by atoms with van der Waals surface area (Å²) in [6.07, 6.45) is 0. The molecule has 0 N–H and O–H groups in total. The van der Waals surface area contributed by atoms with Crippen LogP contribution in [0.3, 0.4) is 0 Å². The number of hydrogen-bond donors (Lipinski definition) is 0. The fraction of sp³-hybridized carbons (Fsp3) is 0.333. The number of benzene rings is 1. The van der Waals surface area contributed by atoms with Crippen LogP contribution in [0.1, 0.15) is 11.5 Å². The van der Waals surface area contributed by atoms with Crippen molar-refractivity contribution in [3.8, 4) is 0 Å². The van der Waals surface area contributed by atoms with Gasteiger partial charge < -0.3 is 0 Å². The van der Waals surface area contributed by atoms with Crippen LogP contribution in [0.4, 0.5) is 8.78 Å². The van der Waals surface area contributed by atoms with E-state index in [1.165, 1.54) is 24.3 Å². The molecule has 0 aliphatic rings. The van der Waals surface area contributed by atoms with E-state index in [1.807, 2.05) is 0 Å². The van der Waals surface area contributed by atoms with Crippen molar-refractivity contribution >= 4 is 19.7 Å². The lowest BCUT2D eigenvalue weighted by molar-refractivity contribution is 0.353. The van der Waals surface area contributed by atoms with Crippen molar-refractivity contribution in [2.75, 3.05) is 13.3 Å². The highest BCUT2D eigenvalue weighted by atomic mass is 35.7. The average molecular weight is 255 g/mol. The first-order valence-electron chi connectivity index (χ1n) is 4.15. The van der Waals surface area contributed by atoms with Crippen LogP contribution in [0.25, 0.3) is 0 Å². The molecule has 0 aliphatic carbocycles. The lowest BCUT2D eigenvalue weighted by Gasteiger charge is -2.08. The highest BCUT2D eigenvalue weighted by Crippen LogP contribution is 2.21. The highest BCUT2D eigenvalue weighted by Gasteiger charge is 2.13. The van der Waals surface area contributed by atoms with Crippen LogP contribution >= 0.6 is 10.7 Å². The van der Waals surface area contributed by atoms with E-state index in [0.717, 1.165) is 0 Å². The van der Waals surface area contributed by atoms with E-state index in [9.17, 15) is 17.2 Å². The Morgan fingerprint density at radius 1 is 1.13 bits per heavy atom. The minimum absolute atomic E-state index is 0.0793. The lowest BCUT2D eigenvalue weighted by atomic mass is 10.0. The minimum atomic E-state index is -3.77. The van der Waals surface area contributed by atoms with Gasteiger partial charge in [0.2, 0.25) is 0 Å². The standard InChI is InChI=1S/C9H9ClF2O2S/c10-15(13,14)9-3-1-7(2-4-9)8(5-11)6-12/h1-4,8H,5-6H2. The quantitative estimate of drug-likeness (QED) is 0.774. The second-order valence-electron chi connectivity index (χ2n) is 3.01. The maximum atomic E-state index is 12.3. The Labute approximate surface area is 91.3 Å². The van der Waals surface area contributed by atoms with Crippen molar-refractivity contribution in [1.82, 2.24) is 0 Å². The zero-order valence-corrected chi connectivity index (χ0v) is 9.23. The number of halogens is 3. The molecule has 0 spiro atoms. The predicted molar refractivity (Wildman–Crippen MR) is 54.2 cm³/mol. The van der Waals surface area contributed by atoms with Crippen molar-refractivity contribution < 1.29 is 17.2 Å². The first kappa shape index (κ1) is 12.4. The molecular weight excluding hydrogens is 246 g/mol. The van der Waals surface area contributed by atoms with Gasteiger partial charge in [-0.2, -0.15) is 0 Å². The van der Waals surface area contributed by atoms with E-state index in [1.54, 1.807) is 0 Å². The Hall–Kier alpha value is -0.680. The molecule has 2 nitrogen and oxygen atoms in total. The molecule has 0 unspecified atom stereocenters. The van der Waals surface area contributed by atoms with Gasteiger partial charge in [-0.3, -0.25) is 8.78 Å². The Balaban J connectivity index is 3.00. The summed E-state index contributed by atoms with van der Waals surface area (Å²) in [4.78, 5) is -0.0793. The summed E-state index contributed by atoms with van der Waals surface area (Å²) in [6, 6.07) is 5.18. The third-order valence-corrected chi connectivity index (χ3v) is 3.38. The van der Waals surface area contributed by atoms with Crippen molar-refractivity contribution in [1.29, 1.82) is 0 Å². The van der Waals surface area contributed by atoms with E-state index in [0.29, 0.717) is 5.56 Å². The smallest absolute Gasteiger partial charge is 0.250 e. The predicted octanol–water partition coefficient (Wildman–Crippen LogP) is 2.64. The Morgan fingerprint density at radius 2 is 1.60 bits per heavy atom. The molecule has 0 aliphatic heterocycles. The highest BCUT2D eigenvalue weighted by molar-refractivity contribution is 8.13. The van der Waals surface area contributed by atoms with Gasteiger partial charge in [-0.1, -0.05) is 12.1 Å². The van der Waals surface area contributed by atoms with Crippen LogP contribution in [0.5, 0.6) is 0 Å². The fourth-order valence-corrected chi connectivity index (χ4v) is 1.89. The van der Waals surface area contributed by atoms with Gasteiger partial charge in [0.25, 0.3) is 9.05 Å². The largest absolute Gasteiger partial charge is 0.261 e. The van der Waals surface area contributed by atoms with Crippen LogP contribution in [-0.2, 0) is 9.05 Å². The van der Waals surface area contributed by atoms with Gasteiger partial charge in [0.05, 0.1) is 18.2 Å². The molecule has 0 heterocycles. The first-order chi connectivity index (χ1) is 6.99. The van der Waals surface area contributed by atoms with Gasteiger partial charge in [0, 0.05) is 16.6 Å². The van der Waals surface area contributed by atoms with E-state index >= 15 is 0 Å². The average Bonchev–Trinajstić information content (AvgIpc) is 2.19. The Morgan fingerprint density at radius 3 is 1.93 bits per heavy atom. The lowest BCUT2D eigenvalue weighted by Crippen LogP contribution is -2.03. The molecule has 1 rings (SSSR count). The number of hydrogen-bond acceptors (Lipinski definition) is 2. The molecular formula is C9H9ClF2O2S. The van der Waals surface area contributed by atoms with E-state index < -0.39 is 28.3 Å². The molecule has 1 aromatic rings. The summed E-state index contributed by atoms with van der Waals surface area (Å²) in [7, 11) is 1.31. The monoisotopic (exact) mass is 254 g/mol. The van der Waals surface area contributed by atoms with Crippen molar-refractivity contribution in [3.63, 3.8) is 0 Å². The van der Waals surface area contributed by atoms with Gasteiger partial charge in [0.15, 0.2) is 0 Å². The van der Waals surface area contributed by atoms with E-state index in [4.69, 9.17) is 10.7 Å².